The van der Waals surface area contributed by atoms with Gasteiger partial charge in [0.1, 0.15) is 6.07 Å². The minimum absolute atomic E-state index is 0.377. The molecule has 0 amide bonds. The summed E-state index contributed by atoms with van der Waals surface area (Å²) in [5.74, 6) is 0.671. The number of hydrogen-bond acceptors (Lipinski definition) is 5. The molecular formula is C21H22N6. The second kappa shape index (κ2) is 7.12. The van der Waals surface area contributed by atoms with Crippen LogP contribution in [0.2, 0.25) is 0 Å². The molecule has 1 saturated heterocycles. The van der Waals surface area contributed by atoms with E-state index in [2.05, 4.69) is 70.2 Å². The average molecular weight is 358 g/mol. The van der Waals surface area contributed by atoms with E-state index in [-0.39, 0.29) is 0 Å². The van der Waals surface area contributed by atoms with Crippen molar-refractivity contribution >= 4 is 11.5 Å². The Kier molecular flexibility index (Phi) is 4.51. The molecular weight excluding hydrogens is 336 g/mol. The summed E-state index contributed by atoms with van der Waals surface area (Å²) in [7, 11) is 0. The number of rotatable bonds is 3. The molecule has 0 bridgehead atoms. The Balaban J connectivity index is 1.56. The second-order valence-electron chi connectivity index (χ2n) is 6.93. The van der Waals surface area contributed by atoms with Crippen molar-refractivity contribution in [1.29, 1.82) is 5.26 Å². The summed E-state index contributed by atoms with van der Waals surface area (Å²) in [5.41, 5.74) is 4.80. The fourth-order valence-corrected chi connectivity index (χ4v) is 3.58. The Morgan fingerprint density at radius 2 is 1.44 bits per heavy atom. The molecule has 2 aromatic carbocycles. The predicted molar refractivity (Wildman–Crippen MR) is 106 cm³/mol. The fraction of sp³-hybridized carbons (Fsp3) is 0.286. The molecule has 0 saturated carbocycles. The van der Waals surface area contributed by atoms with Gasteiger partial charge >= 0.3 is 0 Å². The largest absolute Gasteiger partial charge is 0.368 e. The van der Waals surface area contributed by atoms with Crippen molar-refractivity contribution in [3.05, 3.63) is 65.4 Å². The second-order valence-corrected chi connectivity index (χ2v) is 6.93. The molecule has 1 fully saturated rings. The Morgan fingerprint density at radius 1 is 0.815 bits per heavy atom. The van der Waals surface area contributed by atoms with E-state index in [0.717, 1.165) is 43.0 Å². The number of aryl methyl sites for hydroxylation is 2. The van der Waals surface area contributed by atoms with Crippen LogP contribution in [0.5, 0.6) is 0 Å². The van der Waals surface area contributed by atoms with Gasteiger partial charge in [0.25, 0.3) is 0 Å². The van der Waals surface area contributed by atoms with Gasteiger partial charge in [0.05, 0.1) is 5.69 Å². The van der Waals surface area contributed by atoms with Crippen molar-refractivity contribution in [1.82, 2.24) is 15.0 Å². The molecule has 4 rings (SSSR count). The zero-order valence-electron chi connectivity index (χ0n) is 15.6. The van der Waals surface area contributed by atoms with Crippen LogP contribution in [-0.2, 0) is 0 Å². The summed E-state index contributed by atoms with van der Waals surface area (Å²) in [6.07, 6.45) is 0. The van der Waals surface area contributed by atoms with Gasteiger partial charge in [-0.25, -0.2) is 0 Å². The SMILES string of the molecule is Cc1cc(C)cc(-n2nc(C#N)c(N3CCN(c4ccccc4)CC3)n2)c1. The van der Waals surface area contributed by atoms with E-state index in [9.17, 15) is 5.26 Å². The molecule has 0 aliphatic carbocycles. The lowest BCUT2D eigenvalue weighted by atomic mass is 10.1. The fourth-order valence-electron chi connectivity index (χ4n) is 3.58. The Morgan fingerprint density at radius 3 is 2.07 bits per heavy atom. The molecule has 0 spiro atoms. The first-order valence-corrected chi connectivity index (χ1v) is 9.15. The molecule has 6 heteroatoms. The van der Waals surface area contributed by atoms with Gasteiger partial charge in [-0.1, -0.05) is 24.3 Å². The summed E-state index contributed by atoms with van der Waals surface area (Å²) in [6, 6.07) is 18.8. The van der Waals surface area contributed by atoms with Gasteiger partial charge in [-0.3, -0.25) is 0 Å². The lowest BCUT2D eigenvalue weighted by Crippen LogP contribution is -2.47. The summed E-state index contributed by atoms with van der Waals surface area (Å²) < 4.78 is 0. The molecule has 0 unspecified atom stereocenters. The number of anilines is 2. The van der Waals surface area contributed by atoms with Gasteiger partial charge in [-0.05, 0) is 49.2 Å². The minimum Gasteiger partial charge on any atom is -0.368 e. The third-order valence-corrected chi connectivity index (χ3v) is 4.84. The zero-order valence-corrected chi connectivity index (χ0v) is 15.6. The number of hydrogen-bond donors (Lipinski definition) is 0. The van der Waals surface area contributed by atoms with Crippen LogP contribution in [0.3, 0.4) is 0 Å². The quantitative estimate of drug-likeness (QED) is 0.720. The van der Waals surface area contributed by atoms with Crippen molar-refractivity contribution < 1.29 is 0 Å². The highest BCUT2D eigenvalue weighted by Crippen LogP contribution is 2.22. The van der Waals surface area contributed by atoms with Gasteiger partial charge in [0.2, 0.25) is 5.69 Å². The first-order chi connectivity index (χ1) is 13.1. The molecule has 2 heterocycles. The van der Waals surface area contributed by atoms with E-state index in [0.29, 0.717) is 11.5 Å². The lowest BCUT2D eigenvalue weighted by Gasteiger charge is -2.36. The molecule has 0 N–H and O–H groups in total. The third-order valence-electron chi connectivity index (χ3n) is 4.84. The van der Waals surface area contributed by atoms with Crippen molar-refractivity contribution in [3.8, 4) is 11.8 Å². The highest BCUT2D eigenvalue weighted by atomic mass is 15.5. The van der Waals surface area contributed by atoms with Crippen LogP contribution in [0, 0.1) is 25.2 Å². The van der Waals surface area contributed by atoms with Crippen molar-refractivity contribution in [2.24, 2.45) is 0 Å². The average Bonchev–Trinajstić information content (AvgIpc) is 3.13. The summed E-state index contributed by atoms with van der Waals surface area (Å²) in [5, 5.41) is 18.6. The van der Waals surface area contributed by atoms with Gasteiger partial charge in [0.15, 0.2) is 5.82 Å². The molecule has 3 aromatic rings. The third kappa shape index (κ3) is 3.49. The number of nitrogens with zero attached hydrogens (tertiary/aromatic N) is 6. The topological polar surface area (TPSA) is 61.0 Å². The Labute approximate surface area is 159 Å². The Hall–Kier alpha value is -3.33. The summed E-state index contributed by atoms with van der Waals surface area (Å²) >= 11 is 0. The van der Waals surface area contributed by atoms with Gasteiger partial charge < -0.3 is 9.80 Å². The van der Waals surface area contributed by atoms with E-state index in [1.165, 1.54) is 5.69 Å². The monoisotopic (exact) mass is 358 g/mol. The maximum absolute atomic E-state index is 9.55. The summed E-state index contributed by atoms with van der Waals surface area (Å²) in [4.78, 5) is 6.10. The van der Waals surface area contributed by atoms with E-state index in [1.807, 2.05) is 18.2 Å². The first kappa shape index (κ1) is 17.1. The van der Waals surface area contributed by atoms with Crippen LogP contribution < -0.4 is 9.80 Å². The minimum atomic E-state index is 0.377. The van der Waals surface area contributed by atoms with Crippen molar-refractivity contribution in [3.63, 3.8) is 0 Å². The van der Waals surface area contributed by atoms with E-state index < -0.39 is 0 Å². The highest BCUT2D eigenvalue weighted by Gasteiger charge is 2.23. The highest BCUT2D eigenvalue weighted by molar-refractivity contribution is 5.53. The number of aromatic nitrogens is 3. The van der Waals surface area contributed by atoms with Crippen LogP contribution in [0.15, 0.2) is 48.5 Å². The number of para-hydroxylation sites is 1. The van der Waals surface area contributed by atoms with Crippen LogP contribution in [0.1, 0.15) is 16.8 Å². The van der Waals surface area contributed by atoms with Crippen LogP contribution in [0.25, 0.3) is 5.69 Å². The predicted octanol–water partition coefficient (Wildman–Crippen LogP) is 3.08. The van der Waals surface area contributed by atoms with Crippen LogP contribution in [-0.4, -0.2) is 41.2 Å². The maximum atomic E-state index is 9.55. The molecule has 1 aliphatic rings. The van der Waals surface area contributed by atoms with Gasteiger partial charge in [-0.2, -0.15) is 5.26 Å². The molecule has 136 valence electrons. The normalized spacial score (nSPS) is 14.3. The molecule has 27 heavy (non-hydrogen) atoms. The molecule has 1 aromatic heterocycles. The molecule has 6 nitrogen and oxygen atoms in total. The number of benzene rings is 2. The van der Waals surface area contributed by atoms with Crippen molar-refractivity contribution in [2.45, 2.75) is 13.8 Å². The zero-order chi connectivity index (χ0) is 18.8. The molecule has 1 aliphatic heterocycles. The van der Waals surface area contributed by atoms with Gasteiger partial charge in [0, 0.05) is 31.9 Å². The maximum Gasteiger partial charge on any atom is 0.207 e. The lowest BCUT2D eigenvalue weighted by molar-refractivity contribution is 0.641. The number of piperazine rings is 1. The molecule has 0 atom stereocenters. The van der Waals surface area contributed by atoms with Crippen LogP contribution >= 0.6 is 0 Å². The first-order valence-electron chi connectivity index (χ1n) is 9.15. The van der Waals surface area contributed by atoms with Crippen LogP contribution in [0.4, 0.5) is 11.5 Å². The van der Waals surface area contributed by atoms with Gasteiger partial charge in [-0.15, -0.1) is 15.0 Å². The van der Waals surface area contributed by atoms with E-state index >= 15 is 0 Å². The number of nitriles is 1. The standard InChI is InChI=1S/C21H22N6/c1-16-12-17(2)14-19(13-16)27-23-20(15-22)21(24-27)26-10-8-25(9-11-26)18-6-4-3-5-7-18/h3-7,12-14H,8-11H2,1-2H3. The smallest absolute Gasteiger partial charge is 0.207 e. The molecule has 0 radical (unpaired) electrons. The summed E-state index contributed by atoms with van der Waals surface area (Å²) in [6.45, 7) is 7.52. The van der Waals surface area contributed by atoms with E-state index in [4.69, 9.17) is 0 Å². The van der Waals surface area contributed by atoms with E-state index in [1.54, 1.807) is 4.80 Å². The van der Waals surface area contributed by atoms with Crippen molar-refractivity contribution in [2.75, 3.05) is 36.0 Å². The Bertz CT molecular complexity index is 957.